The van der Waals surface area contributed by atoms with Crippen molar-refractivity contribution >= 4 is 22.1 Å². The minimum absolute atomic E-state index is 0. The molecule has 1 rings (SSSR count). The van der Waals surface area contributed by atoms with E-state index in [9.17, 15) is 22.6 Å². The topological polar surface area (TPSA) is 110 Å². The first kappa shape index (κ1) is 62.2. The fraction of sp³-hybridized carbons (Fsp3) is 0.778. The van der Waals surface area contributed by atoms with Gasteiger partial charge < -0.3 is 14.0 Å². The summed E-state index contributed by atoms with van der Waals surface area (Å²) < 4.78 is 45.8. The van der Waals surface area contributed by atoms with Crippen molar-refractivity contribution in [2.75, 3.05) is 13.2 Å². The molecule has 9 heteroatoms. The first-order valence-corrected chi connectivity index (χ1v) is 27.5. The maximum absolute atomic E-state index is 13.0. The van der Waals surface area contributed by atoms with Crippen molar-refractivity contribution in [3.63, 3.8) is 0 Å². The number of ether oxygens (including phenoxy) is 2. The molecule has 0 aliphatic carbocycles. The van der Waals surface area contributed by atoms with E-state index in [0.29, 0.717) is 12.8 Å². The van der Waals surface area contributed by atoms with Gasteiger partial charge in [-0.05, 0) is 56.7 Å². The Morgan fingerprint density at radius 1 is 0.429 bits per heavy atom. The van der Waals surface area contributed by atoms with Crippen molar-refractivity contribution in [2.45, 2.75) is 263 Å². The van der Waals surface area contributed by atoms with Gasteiger partial charge in [0.15, 0.2) is 0 Å². The van der Waals surface area contributed by atoms with E-state index < -0.39 is 27.0 Å². The predicted octanol–water partition coefficient (Wildman–Crippen LogP) is 13.9. The molecule has 0 amide bonds. The maximum Gasteiger partial charge on any atom is 1.00 e. The molecule has 7 nitrogen and oxygen atoms in total. The summed E-state index contributed by atoms with van der Waals surface area (Å²) in [5, 5.41) is 0. The van der Waals surface area contributed by atoms with E-state index >= 15 is 0 Å². The minimum Gasteiger partial charge on any atom is -0.744 e. The molecule has 0 unspecified atom stereocenters. The Kier molecular flexibility index (Phi) is 45.7. The molecule has 0 saturated carbocycles. The summed E-state index contributed by atoms with van der Waals surface area (Å²) in [6.45, 7) is 4.74. The number of allylic oxidation sites excluding steroid dienone is 2. The van der Waals surface area contributed by atoms with E-state index in [1.165, 1.54) is 205 Å². The van der Waals surface area contributed by atoms with E-state index in [1.54, 1.807) is 0 Å². The van der Waals surface area contributed by atoms with Gasteiger partial charge in [0.25, 0.3) is 0 Å². The van der Waals surface area contributed by atoms with Crippen molar-refractivity contribution < 1.29 is 83.4 Å². The fourth-order valence-electron chi connectivity index (χ4n) is 8.07. The number of esters is 2. The molecule has 1 aromatic carbocycles. The maximum atomic E-state index is 13.0. The Bertz CT molecular complexity index is 1380. The van der Waals surface area contributed by atoms with Gasteiger partial charge in [0, 0.05) is 0 Å². The van der Waals surface area contributed by atoms with Gasteiger partial charge in [-0.2, -0.15) is 0 Å². The van der Waals surface area contributed by atoms with Crippen LogP contribution in [0.1, 0.15) is 279 Å². The summed E-state index contributed by atoms with van der Waals surface area (Å²) in [5.41, 5.74) is -0.405. The number of benzene rings is 1. The van der Waals surface area contributed by atoms with Crippen LogP contribution in [-0.4, -0.2) is 38.1 Å². The molecule has 0 bridgehead atoms. The monoisotopic (exact) mass is 925 g/mol. The third kappa shape index (κ3) is 38.9. The van der Waals surface area contributed by atoms with E-state index in [1.807, 2.05) is 12.2 Å². The van der Waals surface area contributed by atoms with Crippen molar-refractivity contribution in [3.05, 3.63) is 53.6 Å². The molecule has 0 heterocycles. The SMILES string of the molecule is CCCCCCCCCCCCCCCCCCC/C=C/CCOC(=O)c1ccc(S(=O)(=O)[O-])cc1C(=O)OCC/C=C/CCCCCCCCCCCCCCCCCCC.[K+]. The standard InChI is InChI=1S/C54H94O7S.K/c1-3-5-7-9-11-13-15-17-19-21-23-25-27-29-31-33-35-37-39-41-43-47-60-53(55)51-46-45-50(62(57,58)59)49-52(51)54(56)61-48-44-42-40-38-36-34-32-30-28-26-24-22-20-18-16-14-12-10-8-6-4-2;/h39-42,45-46,49H,3-38,43-44,47-48H2,1-2H3,(H,57,58,59);/q;+1/p-1/b41-39+,42-40+;. The van der Waals surface area contributed by atoms with Crippen LogP contribution in [0.2, 0.25) is 0 Å². The Labute approximate surface area is 431 Å². The molecular weight excluding hydrogens is 832 g/mol. The minimum atomic E-state index is -4.84. The second-order valence-corrected chi connectivity index (χ2v) is 19.2. The molecule has 0 saturated heterocycles. The fourth-order valence-corrected chi connectivity index (χ4v) is 8.56. The van der Waals surface area contributed by atoms with Crippen LogP contribution in [-0.2, 0) is 19.6 Å². The predicted molar refractivity (Wildman–Crippen MR) is 260 cm³/mol. The van der Waals surface area contributed by atoms with Crippen molar-refractivity contribution in [1.82, 2.24) is 0 Å². The van der Waals surface area contributed by atoms with Gasteiger partial charge in [0.05, 0.1) is 29.2 Å². The quantitative estimate of drug-likeness (QED) is 0.0211. The Hall–Kier alpha value is -0.814. The Morgan fingerprint density at radius 2 is 0.698 bits per heavy atom. The molecule has 1 aromatic rings. The van der Waals surface area contributed by atoms with Gasteiger partial charge in [-0.25, -0.2) is 18.0 Å². The van der Waals surface area contributed by atoms with Crippen molar-refractivity contribution in [3.8, 4) is 0 Å². The second kappa shape index (κ2) is 46.3. The van der Waals surface area contributed by atoms with Crippen LogP contribution >= 0.6 is 0 Å². The molecule has 0 N–H and O–H groups in total. The molecule has 0 fully saturated rings. The van der Waals surface area contributed by atoms with Crippen molar-refractivity contribution in [2.24, 2.45) is 0 Å². The zero-order valence-electron chi connectivity index (χ0n) is 41.1. The summed E-state index contributed by atoms with van der Waals surface area (Å²) in [4.78, 5) is 25.3. The van der Waals surface area contributed by atoms with Gasteiger partial charge in [0.1, 0.15) is 10.1 Å². The van der Waals surface area contributed by atoms with Crippen LogP contribution in [0.4, 0.5) is 0 Å². The molecule has 0 radical (unpaired) electrons. The number of carbonyl (C=O) groups is 2. The Balaban J connectivity index is 0.0000384. The van der Waals surface area contributed by atoms with Crippen LogP contribution in [0.15, 0.2) is 47.4 Å². The molecule has 358 valence electrons. The number of carbonyl (C=O) groups excluding carboxylic acids is 2. The third-order valence-electron chi connectivity index (χ3n) is 12.0. The van der Waals surface area contributed by atoms with Crippen LogP contribution < -0.4 is 51.4 Å². The molecule has 0 aliphatic heterocycles. The normalized spacial score (nSPS) is 11.7. The van der Waals surface area contributed by atoms with E-state index in [-0.39, 0.29) is 75.7 Å². The van der Waals surface area contributed by atoms with Crippen LogP contribution in [0.5, 0.6) is 0 Å². The second-order valence-electron chi connectivity index (χ2n) is 17.8. The van der Waals surface area contributed by atoms with Gasteiger partial charge >= 0.3 is 63.3 Å². The van der Waals surface area contributed by atoms with Crippen LogP contribution in [0, 0.1) is 0 Å². The van der Waals surface area contributed by atoms with E-state index in [2.05, 4.69) is 26.0 Å². The average molecular weight is 925 g/mol. The zero-order valence-corrected chi connectivity index (χ0v) is 45.0. The Morgan fingerprint density at radius 3 is 1.00 bits per heavy atom. The van der Waals surface area contributed by atoms with Crippen LogP contribution in [0.25, 0.3) is 0 Å². The van der Waals surface area contributed by atoms with Crippen molar-refractivity contribution in [1.29, 1.82) is 0 Å². The van der Waals surface area contributed by atoms with E-state index in [0.717, 1.165) is 43.9 Å². The van der Waals surface area contributed by atoms with E-state index in [4.69, 9.17) is 9.47 Å². The largest absolute Gasteiger partial charge is 1.00 e. The molecule has 63 heavy (non-hydrogen) atoms. The molecule has 0 atom stereocenters. The summed E-state index contributed by atoms with van der Waals surface area (Å²) in [6.07, 6.45) is 57.2. The van der Waals surface area contributed by atoms with Gasteiger partial charge in [-0.3, -0.25) is 0 Å². The summed E-state index contributed by atoms with van der Waals surface area (Å²) >= 11 is 0. The molecular formula is C54H93KO7S. The number of unbranched alkanes of at least 4 members (excludes halogenated alkanes) is 34. The summed E-state index contributed by atoms with van der Waals surface area (Å²) in [6, 6.07) is 3.08. The van der Waals surface area contributed by atoms with Gasteiger partial charge in [0.2, 0.25) is 0 Å². The molecule has 0 aliphatic rings. The first-order chi connectivity index (χ1) is 30.3. The van der Waals surface area contributed by atoms with Gasteiger partial charge in [-0.15, -0.1) is 0 Å². The van der Waals surface area contributed by atoms with Crippen LogP contribution in [0.3, 0.4) is 0 Å². The molecule has 0 aromatic heterocycles. The zero-order chi connectivity index (χ0) is 45.0. The van der Waals surface area contributed by atoms with Gasteiger partial charge in [-0.1, -0.05) is 244 Å². The molecule has 0 spiro atoms. The third-order valence-corrected chi connectivity index (χ3v) is 12.9. The number of hydrogen-bond donors (Lipinski definition) is 0. The number of hydrogen-bond acceptors (Lipinski definition) is 7. The number of rotatable bonds is 45. The first-order valence-electron chi connectivity index (χ1n) is 26.0. The smallest absolute Gasteiger partial charge is 0.744 e. The summed E-state index contributed by atoms with van der Waals surface area (Å²) in [5.74, 6) is -1.62. The summed E-state index contributed by atoms with van der Waals surface area (Å²) in [7, 11) is -4.84. The average Bonchev–Trinajstić information content (AvgIpc) is 3.26.